The lowest BCUT2D eigenvalue weighted by Gasteiger charge is -2.30. The van der Waals surface area contributed by atoms with Gasteiger partial charge in [0.1, 0.15) is 0 Å². The number of nitrogens with two attached hydrogens (primary N) is 3. The molecule has 0 aromatic heterocycles. The van der Waals surface area contributed by atoms with Crippen LogP contribution in [-0.2, 0) is 74.5 Å². The molecule has 1 aliphatic carbocycles. The SMILES string of the molecule is CCP(=O)(OC)OC1CCC(C(=O)NCc2ccc(C[C@@H](C(=O)NCCOCCON)N(CC(=O)NCCOCCON)CC(=O)NCCOCCON)cc2)CC1. The Morgan fingerprint density at radius 1 is 0.707 bits per heavy atom. The Kier molecular flexibility index (Phi) is 27.1. The molecule has 2 atom stereocenters. The van der Waals surface area contributed by atoms with E-state index in [-0.39, 0.29) is 117 Å². The minimum absolute atomic E-state index is 0.0660. The molecule has 22 heteroatoms. The fourth-order valence-corrected chi connectivity index (χ4v) is 7.07. The van der Waals surface area contributed by atoms with E-state index in [1.165, 1.54) is 12.0 Å². The number of ether oxygens (including phenoxy) is 3. The summed E-state index contributed by atoms with van der Waals surface area (Å²) in [7, 11) is -1.72. The highest BCUT2D eigenvalue weighted by Gasteiger charge is 2.32. The number of benzene rings is 1. The molecule has 1 aromatic carbocycles. The highest BCUT2D eigenvalue weighted by molar-refractivity contribution is 7.53. The summed E-state index contributed by atoms with van der Waals surface area (Å²) in [5.41, 5.74) is 1.59. The number of carbonyl (C=O) groups is 4. The van der Waals surface area contributed by atoms with Crippen LogP contribution in [0.15, 0.2) is 24.3 Å². The van der Waals surface area contributed by atoms with Gasteiger partial charge in [-0.1, -0.05) is 31.2 Å². The summed E-state index contributed by atoms with van der Waals surface area (Å²) in [6.45, 7) is 3.86. The second-order valence-corrected chi connectivity index (χ2v) is 15.7. The van der Waals surface area contributed by atoms with Gasteiger partial charge in [-0.2, -0.15) is 0 Å². The van der Waals surface area contributed by atoms with Crippen LogP contribution in [0.1, 0.15) is 43.7 Å². The maximum Gasteiger partial charge on any atom is 0.330 e. The molecule has 332 valence electrons. The first-order valence-electron chi connectivity index (χ1n) is 19.5. The average molecular weight is 849 g/mol. The van der Waals surface area contributed by atoms with E-state index in [0.29, 0.717) is 38.4 Å². The fraction of sp³-hybridized carbons (Fsp3) is 0.722. The highest BCUT2D eigenvalue weighted by atomic mass is 31.2. The molecule has 0 heterocycles. The van der Waals surface area contributed by atoms with Crippen molar-refractivity contribution in [1.29, 1.82) is 0 Å². The van der Waals surface area contributed by atoms with Crippen molar-refractivity contribution in [3.63, 3.8) is 0 Å². The lowest BCUT2D eigenvalue weighted by Crippen LogP contribution is -2.54. The number of hydrogen-bond donors (Lipinski definition) is 7. The van der Waals surface area contributed by atoms with E-state index in [1.807, 2.05) is 24.3 Å². The van der Waals surface area contributed by atoms with Crippen LogP contribution in [0.3, 0.4) is 0 Å². The quantitative estimate of drug-likeness (QED) is 0.0254. The number of hydrogen-bond acceptors (Lipinski definition) is 17. The Bertz CT molecular complexity index is 1320. The third-order valence-electron chi connectivity index (χ3n) is 9.10. The lowest BCUT2D eigenvalue weighted by molar-refractivity contribution is -0.132. The maximum absolute atomic E-state index is 13.8. The van der Waals surface area contributed by atoms with Crippen molar-refractivity contribution >= 4 is 31.2 Å². The van der Waals surface area contributed by atoms with Crippen LogP contribution in [0.4, 0.5) is 0 Å². The van der Waals surface area contributed by atoms with Gasteiger partial charge in [0.15, 0.2) is 0 Å². The molecule has 1 fully saturated rings. The van der Waals surface area contributed by atoms with E-state index in [9.17, 15) is 23.7 Å². The summed E-state index contributed by atoms with van der Waals surface area (Å²) in [4.78, 5) is 68.1. The van der Waals surface area contributed by atoms with Gasteiger partial charge >= 0.3 is 7.60 Å². The molecule has 0 radical (unpaired) electrons. The molecule has 0 bridgehead atoms. The van der Waals surface area contributed by atoms with E-state index in [1.54, 1.807) is 6.92 Å². The molecule has 2 rings (SSSR count). The van der Waals surface area contributed by atoms with Crippen LogP contribution >= 0.6 is 7.60 Å². The fourth-order valence-electron chi connectivity index (χ4n) is 5.92. The zero-order valence-electron chi connectivity index (χ0n) is 33.8. The van der Waals surface area contributed by atoms with E-state index in [4.69, 9.17) is 40.9 Å². The first kappa shape index (κ1) is 51.0. The summed E-state index contributed by atoms with van der Waals surface area (Å²) in [6.07, 6.45) is 2.69. The minimum atomic E-state index is -3.10. The number of nitrogens with one attached hydrogen (secondary N) is 4. The Labute approximate surface area is 340 Å². The summed E-state index contributed by atoms with van der Waals surface area (Å²) in [5.74, 6) is 13.5. The summed E-state index contributed by atoms with van der Waals surface area (Å²) < 4.78 is 39.5. The number of amides is 4. The largest absolute Gasteiger partial charge is 0.377 e. The van der Waals surface area contributed by atoms with E-state index in [2.05, 4.69) is 35.8 Å². The van der Waals surface area contributed by atoms with Crippen molar-refractivity contribution < 1.29 is 61.5 Å². The van der Waals surface area contributed by atoms with Crippen molar-refractivity contribution in [2.75, 3.05) is 105 Å². The van der Waals surface area contributed by atoms with Gasteiger partial charge in [-0.25, -0.2) is 17.7 Å². The third-order valence-corrected chi connectivity index (χ3v) is 11.0. The Balaban J connectivity index is 2.13. The summed E-state index contributed by atoms with van der Waals surface area (Å²) in [6, 6.07) is 6.42. The molecule has 1 aliphatic rings. The van der Waals surface area contributed by atoms with E-state index in [0.717, 1.165) is 11.1 Å². The first-order valence-corrected chi connectivity index (χ1v) is 21.2. The number of nitrogens with zero attached hydrogens (tertiary/aromatic N) is 1. The lowest BCUT2D eigenvalue weighted by atomic mass is 9.87. The second-order valence-electron chi connectivity index (χ2n) is 13.3. The van der Waals surface area contributed by atoms with Crippen molar-refractivity contribution in [3.8, 4) is 0 Å². The molecule has 0 spiro atoms. The highest BCUT2D eigenvalue weighted by Crippen LogP contribution is 2.50. The molecule has 58 heavy (non-hydrogen) atoms. The van der Waals surface area contributed by atoms with Gasteiger partial charge in [-0.3, -0.25) is 28.6 Å². The molecule has 1 saturated carbocycles. The van der Waals surface area contributed by atoms with Gasteiger partial charge in [-0.05, 0) is 43.2 Å². The Morgan fingerprint density at radius 2 is 1.19 bits per heavy atom. The van der Waals surface area contributed by atoms with Crippen molar-refractivity contribution in [1.82, 2.24) is 26.2 Å². The topological polar surface area (TPSA) is 289 Å². The first-order chi connectivity index (χ1) is 28.1. The molecule has 0 saturated heterocycles. The zero-order valence-corrected chi connectivity index (χ0v) is 34.7. The smallest absolute Gasteiger partial charge is 0.330 e. The second kappa shape index (κ2) is 30.8. The summed E-state index contributed by atoms with van der Waals surface area (Å²) >= 11 is 0. The molecular weight excluding hydrogens is 783 g/mol. The standard InChI is InChI=1S/C36H65N8O13P/c1-3-58(49,50-2)57-31-10-8-30(9-11-31)35(47)43-25-29-6-4-28(5-7-29)24-32(36(48)42-14-17-53-20-23-56-39)44(26-33(45)40-12-15-51-18-21-54-37)27-34(46)41-13-16-52-19-22-55-38/h4-7,30-32H,3,8-27,37-39H2,1-2H3,(H,40,45)(H,41,46)(H,42,48)(H,43,47)/t30?,31?,32-,58?/m0/s1. The zero-order chi connectivity index (χ0) is 42.4. The third kappa shape index (κ3) is 21.7. The predicted octanol–water partition coefficient (Wildman–Crippen LogP) is -0.980. The van der Waals surface area contributed by atoms with Crippen LogP contribution in [0.5, 0.6) is 0 Å². The number of carbonyl (C=O) groups excluding carboxylic acids is 4. The maximum atomic E-state index is 13.8. The van der Waals surface area contributed by atoms with Crippen LogP contribution in [-0.4, -0.2) is 146 Å². The molecule has 10 N–H and O–H groups in total. The Morgan fingerprint density at radius 3 is 1.66 bits per heavy atom. The monoisotopic (exact) mass is 848 g/mol. The van der Waals surface area contributed by atoms with E-state index < -0.39 is 31.4 Å². The van der Waals surface area contributed by atoms with Gasteiger partial charge in [0.2, 0.25) is 23.6 Å². The normalized spacial score (nSPS) is 17.0. The molecular formula is C36H65N8O13P. The van der Waals surface area contributed by atoms with Crippen LogP contribution in [0, 0.1) is 5.92 Å². The average Bonchev–Trinajstić information content (AvgIpc) is 3.23. The van der Waals surface area contributed by atoms with Crippen LogP contribution in [0.2, 0.25) is 0 Å². The Hall–Kier alpha value is -3.15. The molecule has 0 aliphatic heterocycles. The van der Waals surface area contributed by atoms with Crippen molar-refractivity contribution in [2.45, 2.75) is 57.7 Å². The van der Waals surface area contributed by atoms with Gasteiger partial charge in [0, 0.05) is 45.4 Å². The van der Waals surface area contributed by atoms with Crippen molar-refractivity contribution in [3.05, 3.63) is 35.4 Å². The molecule has 21 nitrogen and oxygen atoms in total. The van der Waals surface area contributed by atoms with Crippen LogP contribution in [0.25, 0.3) is 0 Å². The molecule has 1 unspecified atom stereocenters. The summed E-state index contributed by atoms with van der Waals surface area (Å²) in [5, 5.41) is 11.4. The van der Waals surface area contributed by atoms with Crippen molar-refractivity contribution in [2.24, 2.45) is 23.6 Å². The minimum Gasteiger partial charge on any atom is -0.377 e. The van der Waals surface area contributed by atoms with Gasteiger partial charge in [0.05, 0.1) is 84.7 Å². The predicted molar refractivity (Wildman–Crippen MR) is 211 cm³/mol. The van der Waals surface area contributed by atoms with Gasteiger partial charge < -0.3 is 59.0 Å². The van der Waals surface area contributed by atoms with E-state index >= 15 is 0 Å². The van der Waals surface area contributed by atoms with Gasteiger partial charge in [0.25, 0.3) is 0 Å². The van der Waals surface area contributed by atoms with Crippen LogP contribution < -0.4 is 39.0 Å². The van der Waals surface area contributed by atoms with Gasteiger partial charge in [-0.15, -0.1) is 0 Å². The molecule has 4 amide bonds. The molecule has 1 aromatic rings. The number of rotatable bonds is 33.